The van der Waals surface area contributed by atoms with Gasteiger partial charge in [0.1, 0.15) is 0 Å². The molecular formula is C12H19NO2S. The van der Waals surface area contributed by atoms with Crippen LogP contribution in [0.2, 0.25) is 0 Å². The van der Waals surface area contributed by atoms with Gasteiger partial charge in [0.05, 0.1) is 0 Å². The van der Waals surface area contributed by atoms with Crippen LogP contribution in [0.15, 0.2) is 17.5 Å². The number of unbranched alkanes of at least 4 members (excludes halogenated alkanes) is 1. The first-order valence-electron chi connectivity index (χ1n) is 5.61. The molecule has 0 aliphatic heterocycles. The molecule has 0 unspecified atom stereocenters. The number of carbonyl (C=O) groups is 1. The van der Waals surface area contributed by atoms with Crippen LogP contribution in [-0.4, -0.2) is 36.1 Å². The fraction of sp³-hybridized carbons (Fsp3) is 0.583. The van der Waals surface area contributed by atoms with Gasteiger partial charge in [-0.25, -0.2) is 0 Å². The maximum absolute atomic E-state index is 10.3. The molecule has 0 saturated heterocycles. The van der Waals surface area contributed by atoms with Crippen LogP contribution in [0.1, 0.15) is 24.1 Å². The predicted molar refractivity (Wildman–Crippen MR) is 67.0 cm³/mol. The molecule has 1 aromatic rings. The molecule has 1 N–H and O–H groups in total. The van der Waals surface area contributed by atoms with Gasteiger partial charge in [0.15, 0.2) is 0 Å². The van der Waals surface area contributed by atoms with Crippen LogP contribution in [-0.2, 0) is 11.2 Å². The van der Waals surface area contributed by atoms with Gasteiger partial charge >= 0.3 is 5.97 Å². The van der Waals surface area contributed by atoms with Gasteiger partial charge in [0, 0.05) is 17.8 Å². The Bertz CT molecular complexity index is 298. The predicted octanol–water partition coefficient (Wildman–Crippen LogP) is 2.48. The zero-order valence-electron chi connectivity index (χ0n) is 9.69. The van der Waals surface area contributed by atoms with Crippen molar-refractivity contribution in [3.8, 4) is 0 Å². The first-order valence-corrected chi connectivity index (χ1v) is 6.49. The number of hydrogen-bond acceptors (Lipinski definition) is 3. The minimum atomic E-state index is -0.693. The Kier molecular flexibility index (Phi) is 6.11. The lowest BCUT2D eigenvalue weighted by atomic mass is 10.2. The molecule has 0 aromatic carbocycles. The Morgan fingerprint density at radius 3 is 2.88 bits per heavy atom. The lowest BCUT2D eigenvalue weighted by Gasteiger charge is -2.15. The molecule has 0 amide bonds. The lowest BCUT2D eigenvalue weighted by Crippen LogP contribution is -2.22. The number of carboxylic acids is 1. The molecule has 0 atom stereocenters. The van der Waals surface area contributed by atoms with E-state index in [1.807, 2.05) is 0 Å². The summed E-state index contributed by atoms with van der Waals surface area (Å²) >= 11 is 1.79. The molecule has 16 heavy (non-hydrogen) atoms. The minimum absolute atomic E-state index is 0.290. The van der Waals surface area contributed by atoms with Gasteiger partial charge < -0.3 is 10.0 Å². The Morgan fingerprint density at radius 2 is 2.25 bits per heavy atom. The van der Waals surface area contributed by atoms with Crippen LogP contribution in [0, 0.1) is 0 Å². The number of hydrogen-bond donors (Lipinski definition) is 1. The average Bonchev–Trinajstić information content (AvgIpc) is 2.74. The molecular weight excluding hydrogens is 222 g/mol. The monoisotopic (exact) mass is 241 g/mol. The third-order valence-electron chi connectivity index (χ3n) is 2.50. The second-order valence-corrected chi connectivity index (χ2v) is 5.02. The van der Waals surface area contributed by atoms with Gasteiger partial charge in [-0.05, 0) is 44.3 Å². The zero-order chi connectivity index (χ0) is 11.8. The minimum Gasteiger partial charge on any atom is -0.481 e. The van der Waals surface area contributed by atoms with Crippen molar-refractivity contribution in [2.45, 2.75) is 25.7 Å². The summed E-state index contributed by atoms with van der Waals surface area (Å²) in [6.07, 6.45) is 3.12. The Balaban J connectivity index is 2.02. The molecule has 1 rings (SSSR count). The third kappa shape index (κ3) is 5.88. The van der Waals surface area contributed by atoms with Gasteiger partial charge in [-0.2, -0.15) is 0 Å². The number of thiophene rings is 1. The summed E-state index contributed by atoms with van der Waals surface area (Å²) in [5.74, 6) is -0.693. The topological polar surface area (TPSA) is 40.5 Å². The molecule has 3 nitrogen and oxygen atoms in total. The van der Waals surface area contributed by atoms with E-state index in [0.717, 1.165) is 32.4 Å². The van der Waals surface area contributed by atoms with Crippen molar-refractivity contribution in [1.29, 1.82) is 0 Å². The molecule has 0 fully saturated rings. The van der Waals surface area contributed by atoms with Gasteiger partial charge in [-0.1, -0.05) is 6.07 Å². The molecule has 1 aromatic heterocycles. The first kappa shape index (κ1) is 13.2. The molecule has 1 heterocycles. The van der Waals surface area contributed by atoms with Crippen LogP contribution < -0.4 is 0 Å². The van der Waals surface area contributed by atoms with Crippen LogP contribution in [0.25, 0.3) is 0 Å². The number of likely N-dealkylation sites (N-methyl/N-ethyl adjacent to an activating group) is 1. The molecule has 0 aliphatic carbocycles. The third-order valence-corrected chi connectivity index (χ3v) is 3.44. The van der Waals surface area contributed by atoms with Gasteiger partial charge in [-0.3, -0.25) is 4.79 Å². The van der Waals surface area contributed by atoms with Crippen LogP contribution in [0.3, 0.4) is 0 Å². The van der Waals surface area contributed by atoms with Crippen molar-refractivity contribution in [1.82, 2.24) is 4.90 Å². The highest BCUT2D eigenvalue weighted by atomic mass is 32.1. The smallest absolute Gasteiger partial charge is 0.303 e. The number of carboxylic acid groups (broad SMARTS) is 1. The molecule has 0 aliphatic rings. The van der Waals surface area contributed by atoms with Crippen molar-refractivity contribution >= 4 is 17.3 Å². The molecule has 4 heteroatoms. The highest BCUT2D eigenvalue weighted by Gasteiger charge is 2.01. The van der Waals surface area contributed by atoms with E-state index in [1.165, 1.54) is 4.88 Å². The van der Waals surface area contributed by atoms with Crippen LogP contribution in [0.5, 0.6) is 0 Å². The maximum Gasteiger partial charge on any atom is 0.303 e. The van der Waals surface area contributed by atoms with Crippen LogP contribution in [0.4, 0.5) is 0 Å². The Morgan fingerprint density at radius 1 is 1.44 bits per heavy atom. The van der Waals surface area contributed by atoms with Crippen molar-refractivity contribution in [2.24, 2.45) is 0 Å². The van der Waals surface area contributed by atoms with E-state index in [0.29, 0.717) is 6.42 Å². The standard InChI is InChI=1S/C12H19NO2S/c1-13(8-3-2-6-12(14)15)9-7-11-5-4-10-16-11/h4-5,10H,2-3,6-9H2,1H3,(H,14,15). The highest BCUT2D eigenvalue weighted by molar-refractivity contribution is 7.09. The largest absolute Gasteiger partial charge is 0.481 e. The summed E-state index contributed by atoms with van der Waals surface area (Å²) in [5.41, 5.74) is 0. The van der Waals surface area contributed by atoms with Gasteiger partial charge in [-0.15, -0.1) is 11.3 Å². The fourth-order valence-corrected chi connectivity index (χ4v) is 2.22. The SMILES string of the molecule is CN(CCCCC(=O)O)CCc1cccs1. The number of nitrogens with zero attached hydrogens (tertiary/aromatic N) is 1. The van der Waals surface area contributed by atoms with E-state index in [1.54, 1.807) is 11.3 Å². The maximum atomic E-state index is 10.3. The Labute approximate surface area is 101 Å². The van der Waals surface area contributed by atoms with Crippen molar-refractivity contribution in [2.75, 3.05) is 20.1 Å². The summed E-state index contributed by atoms with van der Waals surface area (Å²) in [6.45, 7) is 2.03. The number of aliphatic carboxylic acids is 1. The average molecular weight is 241 g/mol. The quantitative estimate of drug-likeness (QED) is 0.711. The molecule has 0 saturated carbocycles. The normalized spacial score (nSPS) is 10.9. The van der Waals surface area contributed by atoms with Crippen LogP contribution >= 0.6 is 11.3 Å². The lowest BCUT2D eigenvalue weighted by molar-refractivity contribution is -0.137. The van der Waals surface area contributed by atoms with Crippen molar-refractivity contribution in [3.63, 3.8) is 0 Å². The number of rotatable bonds is 8. The van der Waals surface area contributed by atoms with Crippen molar-refractivity contribution in [3.05, 3.63) is 22.4 Å². The highest BCUT2D eigenvalue weighted by Crippen LogP contribution is 2.09. The summed E-state index contributed by atoms with van der Waals surface area (Å²) in [7, 11) is 2.09. The molecule has 0 radical (unpaired) electrons. The fourth-order valence-electron chi connectivity index (χ4n) is 1.53. The van der Waals surface area contributed by atoms with E-state index < -0.39 is 5.97 Å². The Hall–Kier alpha value is -0.870. The summed E-state index contributed by atoms with van der Waals surface area (Å²) in [6, 6.07) is 4.23. The molecule has 90 valence electrons. The second-order valence-electron chi connectivity index (χ2n) is 3.98. The first-order chi connectivity index (χ1) is 7.68. The molecule has 0 spiro atoms. The summed E-state index contributed by atoms with van der Waals surface area (Å²) in [4.78, 5) is 14.0. The van der Waals surface area contributed by atoms with Crippen molar-refractivity contribution < 1.29 is 9.90 Å². The van der Waals surface area contributed by atoms with E-state index in [2.05, 4.69) is 29.5 Å². The zero-order valence-corrected chi connectivity index (χ0v) is 10.5. The molecule has 0 bridgehead atoms. The van der Waals surface area contributed by atoms with E-state index in [-0.39, 0.29) is 0 Å². The van der Waals surface area contributed by atoms with Gasteiger partial charge in [0.2, 0.25) is 0 Å². The van der Waals surface area contributed by atoms with E-state index >= 15 is 0 Å². The summed E-state index contributed by atoms with van der Waals surface area (Å²) < 4.78 is 0. The van der Waals surface area contributed by atoms with E-state index in [9.17, 15) is 4.79 Å². The van der Waals surface area contributed by atoms with Gasteiger partial charge in [0.25, 0.3) is 0 Å². The second kappa shape index (κ2) is 7.41. The van der Waals surface area contributed by atoms with E-state index in [4.69, 9.17) is 5.11 Å². The summed E-state index contributed by atoms with van der Waals surface area (Å²) in [5, 5.41) is 10.6.